The fourth-order valence-corrected chi connectivity index (χ4v) is 1.99. The van der Waals surface area contributed by atoms with Crippen molar-refractivity contribution in [2.24, 2.45) is 5.73 Å². The van der Waals surface area contributed by atoms with Gasteiger partial charge in [-0.05, 0) is 26.0 Å². The van der Waals surface area contributed by atoms with E-state index in [2.05, 4.69) is 9.88 Å². The Hall–Kier alpha value is -1.81. The van der Waals surface area contributed by atoms with Crippen LogP contribution in [0.15, 0.2) is 35.1 Å². The molecular formula is C14H19N3O. The van der Waals surface area contributed by atoms with Gasteiger partial charge in [-0.25, -0.2) is 4.98 Å². The van der Waals surface area contributed by atoms with Crippen molar-refractivity contribution in [1.29, 1.82) is 0 Å². The van der Waals surface area contributed by atoms with Crippen molar-refractivity contribution in [3.05, 3.63) is 47.5 Å². The number of rotatable bonds is 4. The van der Waals surface area contributed by atoms with Crippen molar-refractivity contribution >= 4 is 5.82 Å². The van der Waals surface area contributed by atoms with E-state index in [9.17, 15) is 0 Å². The van der Waals surface area contributed by atoms with Gasteiger partial charge in [-0.1, -0.05) is 6.07 Å². The fourth-order valence-electron chi connectivity index (χ4n) is 1.99. The van der Waals surface area contributed by atoms with Gasteiger partial charge in [-0.2, -0.15) is 0 Å². The van der Waals surface area contributed by atoms with Crippen LogP contribution in [-0.2, 0) is 6.54 Å². The molecule has 2 aromatic heterocycles. The highest BCUT2D eigenvalue weighted by Gasteiger charge is 2.13. The monoisotopic (exact) mass is 245 g/mol. The van der Waals surface area contributed by atoms with E-state index in [1.54, 1.807) is 12.5 Å². The van der Waals surface area contributed by atoms with Crippen LogP contribution in [0.3, 0.4) is 0 Å². The van der Waals surface area contributed by atoms with Crippen molar-refractivity contribution < 1.29 is 4.42 Å². The lowest BCUT2D eigenvalue weighted by atomic mass is 10.1. The molecule has 0 amide bonds. The van der Waals surface area contributed by atoms with Crippen LogP contribution >= 0.6 is 0 Å². The number of nitrogens with zero attached hydrogens (tertiary/aromatic N) is 2. The number of hydrogen-bond acceptors (Lipinski definition) is 4. The molecule has 0 aliphatic heterocycles. The number of anilines is 1. The maximum absolute atomic E-state index is 5.97. The molecule has 0 radical (unpaired) electrons. The first-order valence-corrected chi connectivity index (χ1v) is 6.04. The molecule has 18 heavy (non-hydrogen) atoms. The summed E-state index contributed by atoms with van der Waals surface area (Å²) < 4.78 is 5.31. The zero-order chi connectivity index (χ0) is 13.1. The molecule has 2 rings (SSSR count). The Morgan fingerprint density at radius 2 is 2.22 bits per heavy atom. The smallest absolute Gasteiger partial charge is 0.133 e. The quantitative estimate of drug-likeness (QED) is 0.899. The molecule has 0 bridgehead atoms. The lowest BCUT2D eigenvalue weighted by molar-refractivity contribution is 0.529. The topological polar surface area (TPSA) is 55.3 Å². The molecule has 1 atom stereocenters. The summed E-state index contributed by atoms with van der Waals surface area (Å²) in [5.41, 5.74) is 8.19. The summed E-state index contributed by atoms with van der Waals surface area (Å²) in [6.07, 6.45) is 3.50. The lowest BCUT2D eigenvalue weighted by Crippen LogP contribution is -2.21. The van der Waals surface area contributed by atoms with Crippen molar-refractivity contribution in [2.75, 3.05) is 11.9 Å². The Balaban J connectivity index is 2.24. The predicted molar refractivity (Wildman–Crippen MR) is 72.4 cm³/mol. The molecule has 0 saturated carbocycles. The van der Waals surface area contributed by atoms with E-state index in [-0.39, 0.29) is 6.04 Å². The van der Waals surface area contributed by atoms with Crippen molar-refractivity contribution in [2.45, 2.75) is 26.4 Å². The first-order valence-electron chi connectivity index (χ1n) is 6.04. The van der Waals surface area contributed by atoms with Gasteiger partial charge < -0.3 is 15.1 Å². The number of aromatic nitrogens is 1. The lowest BCUT2D eigenvalue weighted by Gasteiger charge is -2.22. The number of hydrogen-bond donors (Lipinski definition) is 1. The average Bonchev–Trinajstić information content (AvgIpc) is 2.75. The first kappa shape index (κ1) is 12.6. The van der Waals surface area contributed by atoms with Crippen molar-refractivity contribution in [3.8, 4) is 0 Å². The molecule has 0 spiro atoms. The van der Waals surface area contributed by atoms with E-state index in [4.69, 9.17) is 10.2 Å². The van der Waals surface area contributed by atoms with Gasteiger partial charge >= 0.3 is 0 Å². The first-order chi connectivity index (χ1) is 8.59. The second-order valence-electron chi connectivity index (χ2n) is 4.56. The predicted octanol–water partition coefficient (Wildman–Crippen LogP) is 2.64. The van der Waals surface area contributed by atoms with Crippen LogP contribution in [0.5, 0.6) is 0 Å². The third-order valence-corrected chi connectivity index (χ3v) is 3.04. The molecule has 2 heterocycles. The van der Waals surface area contributed by atoms with Crippen LogP contribution in [0, 0.1) is 6.92 Å². The number of nitrogens with two attached hydrogens (primary N) is 1. The minimum Gasteiger partial charge on any atom is -0.469 e. The Kier molecular flexibility index (Phi) is 3.67. The van der Waals surface area contributed by atoms with Crippen LogP contribution < -0.4 is 10.6 Å². The van der Waals surface area contributed by atoms with E-state index in [0.717, 1.165) is 23.7 Å². The highest BCUT2D eigenvalue weighted by molar-refractivity contribution is 5.48. The summed E-state index contributed by atoms with van der Waals surface area (Å²) in [7, 11) is 2.01. The highest BCUT2D eigenvalue weighted by Crippen LogP contribution is 2.23. The standard InChI is InChI=1S/C14H19N3O/c1-10(15)13-5-4-7-16-14(13)17(3)9-12-6-8-18-11(12)2/h4-8,10H,9,15H2,1-3H3/t10-/m1/s1. The molecule has 4 heteroatoms. The Labute approximate surface area is 107 Å². The van der Waals surface area contributed by atoms with Gasteiger partial charge in [0, 0.05) is 37.0 Å². The summed E-state index contributed by atoms with van der Waals surface area (Å²) in [4.78, 5) is 6.52. The van der Waals surface area contributed by atoms with E-state index in [1.165, 1.54) is 5.56 Å². The molecule has 0 aliphatic carbocycles. The molecule has 4 nitrogen and oxygen atoms in total. The van der Waals surface area contributed by atoms with Crippen molar-refractivity contribution in [1.82, 2.24) is 4.98 Å². The van der Waals surface area contributed by atoms with Crippen LogP contribution in [0.2, 0.25) is 0 Å². The molecule has 0 saturated heterocycles. The average molecular weight is 245 g/mol. The van der Waals surface area contributed by atoms with Crippen molar-refractivity contribution in [3.63, 3.8) is 0 Å². The third kappa shape index (κ3) is 2.54. The van der Waals surface area contributed by atoms with E-state index >= 15 is 0 Å². The van der Waals surface area contributed by atoms with Gasteiger partial charge in [-0.3, -0.25) is 0 Å². The minimum absolute atomic E-state index is 0.0263. The van der Waals surface area contributed by atoms with E-state index in [1.807, 2.05) is 39.1 Å². The van der Waals surface area contributed by atoms with Gasteiger partial charge in [0.2, 0.25) is 0 Å². The second kappa shape index (κ2) is 5.23. The Bertz CT molecular complexity index is 519. The normalized spacial score (nSPS) is 12.4. The molecule has 0 fully saturated rings. The summed E-state index contributed by atoms with van der Waals surface area (Å²) in [6, 6.07) is 5.90. The zero-order valence-electron chi connectivity index (χ0n) is 11.1. The molecule has 2 N–H and O–H groups in total. The Morgan fingerprint density at radius 3 is 2.83 bits per heavy atom. The second-order valence-corrected chi connectivity index (χ2v) is 4.56. The van der Waals surface area contributed by atoms with E-state index < -0.39 is 0 Å². The van der Waals surface area contributed by atoms with Gasteiger partial charge in [0.15, 0.2) is 0 Å². The Morgan fingerprint density at radius 1 is 1.44 bits per heavy atom. The molecule has 0 aliphatic rings. The largest absolute Gasteiger partial charge is 0.469 e. The maximum atomic E-state index is 5.97. The van der Waals surface area contributed by atoms with Gasteiger partial charge in [0.05, 0.1) is 6.26 Å². The van der Waals surface area contributed by atoms with Gasteiger partial charge in [-0.15, -0.1) is 0 Å². The van der Waals surface area contributed by atoms with Gasteiger partial charge in [0.1, 0.15) is 11.6 Å². The summed E-state index contributed by atoms with van der Waals surface area (Å²) in [5.74, 6) is 1.87. The molecule has 0 unspecified atom stereocenters. The molecule has 2 aromatic rings. The van der Waals surface area contributed by atoms with Crippen LogP contribution in [-0.4, -0.2) is 12.0 Å². The SMILES string of the molecule is Cc1occc1CN(C)c1ncccc1[C@@H](C)N. The summed E-state index contributed by atoms with van der Waals surface area (Å²) >= 11 is 0. The number of pyridine rings is 1. The molecule has 0 aromatic carbocycles. The summed E-state index contributed by atoms with van der Waals surface area (Å²) in [5, 5.41) is 0. The summed E-state index contributed by atoms with van der Waals surface area (Å²) in [6.45, 7) is 4.70. The molecule has 96 valence electrons. The maximum Gasteiger partial charge on any atom is 0.133 e. The zero-order valence-corrected chi connectivity index (χ0v) is 11.1. The number of aryl methyl sites for hydroxylation is 1. The minimum atomic E-state index is -0.0263. The highest BCUT2D eigenvalue weighted by atomic mass is 16.3. The molecular weight excluding hydrogens is 226 g/mol. The van der Waals surface area contributed by atoms with E-state index in [0.29, 0.717) is 0 Å². The van der Waals surface area contributed by atoms with Crippen LogP contribution in [0.25, 0.3) is 0 Å². The van der Waals surface area contributed by atoms with Gasteiger partial charge in [0.25, 0.3) is 0 Å². The number of furan rings is 1. The van der Waals surface area contributed by atoms with Crippen LogP contribution in [0.4, 0.5) is 5.82 Å². The third-order valence-electron chi connectivity index (χ3n) is 3.04. The fraction of sp³-hybridized carbons (Fsp3) is 0.357. The van der Waals surface area contributed by atoms with Crippen LogP contribution in [0.1, 0.15) is 29.9 Å².